The van der Waals surface area contributed by atoms with E-state index < -0.39 is 5.97 Å². The number of fused-ring (bicyclic) bond motifs is 1. The van der Waals surface area contributed by atoms with E-state index in [0.717, 1.165) is 4.90 Å². The molecule has 0 amide bonds. The van der Waals surface area contributed by atoms with E-state index in [0.29, 0.717) is 63.5 Å². The van der Waals surface area contributed by atoms with Gasteiger partial charge in [0.15, 0.2) is 11.3 Å². The van der Waals surface area contributed by atoms with Crippen molar-refractivity contribution in [3.63, 3.8) is 0 Å². The first-order valence-corrected chi connectivity index (χ1v) is 15.3. The monoisotopic (exact) mass is 701 g/mol. The van der Waals surface area contributed by atoms with E-state index in [2.05, 4.69) is 10.3 Å². The van der Waals surface area contributed by atoms with Gasteiger partial charge in [0.1, 0.15) is 22.0 Å². The molecule has 0 aliphatic heterocycles. The Morgan fingerprint density at radius 2 is 1.39 bits per heavy atom. The summed E-state index contributed by atoms with van der Waals surface area (Å²) >= 11 is 33.4. The Hall–Kier alpha value is -3.50. The number of hydrogen-bond donors (Lipinski definition) is 0. The predicted octanol–water partition coefficient (Wildman–Crippen LogP) is 10.9. The highest BCUT2D eigenvalue weighted by Crippen LogP contribution is 2.44. The first-order chi connectivity index (χ1) is 21.3. The number of benzene rings is 3. The van der Waals surface area contributed by atoms with Crippen LogP contribution in [0.4, 0.5) is 0 Å². The average molecular weight is 704 g/mol. The number of nitrogens with zero attached hydrogens (tertiary/aromatic N) is 3. The van der Waals surface area contributed by atoms with Crippen molar-refractivity contribution < 1.29 is 18.6 Å². The maximum absolute atomic E-state index is 12.9. The van der Waals surface area contributed by atoms with Crippen LogP contribution >= 0.6 is 69.8 Å². The summed E-state index contributed by atoms with van der Waals surface area (Å²) in [7, 11) is 1.25. The van der Waals surface area contributed by atoms with Crippen LogP contribution < -0.4 is 0 Å². The van der Waals surface area contributed by atoms with Crippen LogP contribution in [0, 0.1) is 0 Å². The number of hydrogen-bond acceptors (Lipinski definition) is 8. The molecule has 3 heterocycles. The highest BCUT2D eigenvalue weighted by molar-refractivity contribution is 7.99. The largest absolute Gasteiger partial charge is 0.465 e. The molecule has 0 aliphatic rings. The van der Waals surface area contributed by atoms with Crippen molar-refractivity contribution in [2.75, 3.05) is 7.11 Å². The minimum atomic E-state index is -0.690. The molecule has 0 radical (unpaired) electrons. The lowest BCUT2D eigenvalue weighted by Crippen LogP contribution is -2.04. The molecular formula is C31H16Cl5N3O4S. The van der Waals surface area contributed by atoms with E-state index in [-0.39, 0.29) is 17.0 Å². The summed E-state index contributed by atoms with van der Waals surface area (Å²) in [6.07, 6.45) is 4.81. The van der Waals surface area contributed by atoms with Crippen molar-refractivity contribution >= 4 is 98.9 Å². The quantitative estimate of drug-likeness (QED) is 0.152. The van der Waals surface area contributed by atoms with Gasteiger partial charge in [0.2, 0.25) is 0 Å². The van der Waals surface area contributed by atoms with Gasteiger partial charge in [-0.15, -0.1) is 0 Å². The number of carbonyl (C=O) groups is 1. The lowest BCUT2D eigenvalue weighted by molar-refractivity contribution is 0.0600. The van der Waals surface area contributed by atoms with Crippen LogP contribution in [0.1, 0.15) is 21.7 Å². The summed E-state index contributed by atoms with van der Waals surface area (Å²) in [5, 5.41) is 11.6. The Bertz CT molecular complexity index is 2040. The third-order valence-corrected chi connectivity index (χ3v) is 8.96. The van der Waals surface area contributed by atoms with E-state index in [9.17, 15) is 4.79 Å². The fraction of sp³-hybridized carbons (Fsp3) is 0.0323. The summed E-state index contributed by atoms with van der Waals surface area (Å²) in [5.41, 5.74) is 2.35. The minimum absolute atomic E-state index is 0.0407. The molecule has 0 aliphatic carbocycles. The van der Waals surface area contributed by atoms with Crippen LogP contribution in [0.15, 0.2) is 85.8 Å². The fourth-order valence-electron chi connectivity index (χ4n) is 4.42. The molecule has 6 aromatic rings. The first-order valence-electron chi connectivity index (χ1n) is 12.6. The standard InChI is InChI=1S/C31H16Cl5N3O4S/c1-41-31(40)25-22(42-38-27(25)23-18(33)4-2-5-19(23)34)13-8-15-14-37-30(44-17-11-9-16(32)10-12-17)26-28(39-43-29(15)26)24-20(35)6-3-7-21(24)36/h2-14H,1H3. The first kappa shape index (κ1) is 30.5. The van der Waals surface area contributed by atoms with Crippen molar-refractivity contribution in [2.45, 2.75) is 9.92 Å². The van der Waals surface area contributed by atoms with Crippen LogP contribution in [-0.4, -0.2) is 28.4 Å². The van der Waals surface area contributed by atoms with Gasteiger partial charge in [-0.05, 0) is 60.7 Å². The molecule has 0 atom stereocenters. The second kappa shape index (κ2) is 12.9. The van der Waals surface area contributed by atoms with Gasteiger partial charge < -0.3 is 13.8 Å². The van der Waals surface area contributed by atoms with Crippen molar-refractivity contribution in [3.05, 3.63) is 109 Å². The molecule has 0 saturated heterocycles. The van der Waals surface area contributed by atoms with Gasteiger partial charge in [-0.3, -0.25) is 0 Å². The number of carbonyl (C=O) groups excluding carboxylic acids is 1. The molecule has 0 unspecified atom stereocenters. The van der Waals surface area contributed by atoms with Crippen molar-refractivity contribution in [1.29, 1.82) is 0 Å². The molecule has 6 rings (SSSR count). The third-order valence-electron chi connectivity index (χ3n) is 6.44. The molecule has 0 fully saturated rings. The van der Waals surface area contributed by atoms with Gasteiger partial charge in [-0.1, -0.05) is 92.2 Å². The van der Waals surface area contributed by atoms with Crippen molar-refractivity contribution in [2.24, 2.45) is 0 Å². The summed E-state index contributed by atoms with van der Waals surface area (Å²) in [5.74, 6) is -0.588. The topological polar surface area (TPSA) is 91.2 Å². The molecule has 0 bridgehead atoms. The summed E-state index contributed by atoms with van der Waals surface area (Å²) < 4.78 is 16.5. The number of pyridine rings is 1. The second-order valence-corrected chi connectivity index (χ2v) is 12.2. The Kier molecular flexibility index (Phi) is 8.91. The van der Waals surface area contributed by atoms with Crippen molar-refractivity contribution in [1.82, 2.24) is 15.3 Å². The Morgan fingerprint density at radius 3 is 2.00 bits per heavy atom. The Balaban J connectivity index is 1.50. The SMILES string of the molecule is COC(=O)c1c(-c2c(Cl)cccc2Cl)noc1C=Cc1cnc(Sc2ccc(Cl)cc2)c2c(-c3c(Cl)cccc3Cl)noc12. The molecule has 3 aromatic heterocycles. The highest BCUT2D eigenvalue weighted by atomic mass is 35.5. The molecule has 0 N–H and O–H groups in total. The number of aromatic nitrogens is 3. The molecule has 13 heteroatoms. The average Bonchev–Trinajstić information content (AvgIpc) is 3.63. The summed E-state index contributed by atoms with van der Waals surface area (Å²) in [6, 6.07) is 17.5. The van der Waals surface area contributed by atoms with Gasteiger partial charge in [0.25, 0.3) is 0 Å². The van der Waals surface area contributed by atoms with E-state index in [4.69, 9.17) is 76.8 Å². The Morgan fingerprint density at radius 1 is 0.795 bits per heavy atom. The van der Waals surface area contributed by atoms with Gasteiger partial charge in [0.05, 0.1) is 32.6 Å². The predicted molar refractivity (Wildman–Crippen MR) is 175 cm³/mol. The van der Waals surface area contributed by atoms with E-state index in [1.165, 1.54) is 18.9 Å². The molecule has 7 nitrogen and oxygen atoms in total. The highest BCUT2D eigenvalue weighted by Gasteiger charge is 2.27. The third kappa shape index (κ3) is 5.81. The summed E-state index contributed by atoms with van der Waals surface area (Å²) in [4.78, 5) is 18.5. The van der Waals surface area contributed by atoms with Crippen LogP contribution in [0.2, 0.25) is 25.1 Å². The minimum Gasteiger partial charge on any atom is -0.465 e. The van der Waals surface area contributed by atoms with Crippen LogP contribution in [-0.2, 0) is 4.74 Å². The number of rotatable bonds is 7. The molecule has 44 heavy (non-hydrogen) atoms. The smallest absolute Gasteiger partial charge is 0.344 e. The molecule has 3 aromatic carbocycles. The maximum Gasteiger partial charge on any atom is 0.344 e. The van der Waals surface area contributed by atoms with Gasteiger partial charge in [-0.2, -0.15) is 0 Å². The molecular weight excluding hydrogens is 688 g/mol. The second-order valence-electron chi connectivity index (χ2n) is 9.10. The zero-order valence-electron chi connectivity index (χ0n) is 22.3. The fourth-order valence-corrected chi connectivity index (χ4v) is 6.59. The number of methoxy groups -OCH3 is 1. The normalized spacial score (nSPS) is 11.5. The lowest BCUT2D eigenvalue weighted by Gasteiger charge is -2.07. The van der Waals surface area contributed by atoms with E-state index >= 15 is 0 Å². The van der Waals surface area contributed by atoms with E-state index in [1.54, 1.807) is 66.9 Å². The summed E-state index contributed by atoms with van der Waals surface area (Å²) in [6.45, 7) is 0. The maximum atomic E-state index is 12.9. The van der Waals surface area contributed by atoms with Crippen molar-refractivity contribution in [3.8, 4) is 22.5 Å². The number of halogens is 5. The molecule has 220 valence electrons. The van der Waals surface area contributed by atoms with Gasteiger partial charge in [-0.25, -0.2) is 9.78 Å². The van der Waals surface area contributed by atoms with Crippen LogP contribution in [0.25, 0.3) is 45.6 Å². The van der Waals surface area contributed by atoms with Gasteiger partial charge in [0, 0.05) is 32.8 Å². The molecule has 0 spiro atoms. The number of ether oxygens (including phenoxy) is 1. The lowest BCUT2D eigenvalue weighted by atomic mass is 10.0. The van der Waals surface area contributed by atoms with Crippen LogP contribution in [0.3, 0.4) is 0 Å². The van der Waals surface area contributed by atoms with Crippen LogP contribution in [0.5, 0.6) is 0 Å². The van der Waals surface area contributed by atoms with E-state index in [1.807, 2.05) is 12.1 Å². The zero-order chi connectivity index (χ0) is 31.0. The molecule has 0 saturated carbocycles. The Labute approximate surface area is 279 Å². The van der Waals surface area contributed by atoms with Gasteiger partial charge >= 0.3 is 5.97 Å². The number of esters is 1. The zero-order valence-corrected chi connectivity index (χ0v) is 26.9.